The van der Waals surface area contributed by atoms with E-state index in [1.807, 2.05) is 43.3 Å². The molecule has 0 saturated carbocycles. The maximum Gasteiger partial charge on any atom is 0.573 e. The molecular weight excluding hydrogens is 822 g/mol. The third-order valence-corrected chi connectivity index (χ3v) is 11.8. The number of pyridine rings is 1. The van der Waals surface area contributed by atoms with Crippen molar-refractivity contribution in [3.05, 3.63) is 159 Å². The van der Waals surface area contributed by atoms with Crippen molar-refractivity contribution in [3.8, 4) is 5.75 Å². The number of imidazole rings is 1. The SMILES string of the molecule is CCc1nc2ccc(Cl)cn2c1C(=O)NCc1ccc(N2CCC(c3ccc(OC(F)(F)F)cc3)CC2)cc1.Clc1ccc2c(c1)CCC(Nc1ncnc3ccccc13)C2. The van der Waals surface area contributed by atoms with Crippen LogP contribution in [0.1, 0.15) is 70.5 Å². The van der Waals surface area contributed by atoms with Gasteiger partial charge in [-0.3, -0.25) is 9.20 Å². The predicted octanol–water partition coefficient (Wildman–Crippen LogP) is 11.0. The van der Waals surface area contributed by atoms with Crippen molar-refractivity contribution < 1.29 is 22.7 Å². The summed E-state index contributed by atoms with van der Waals surface area (Å²) in [7, 11) is 0. The van der Waals surface area contributed by atoms with Gasteiger partial charge in [-0.25, -0.2) is 15.0 Å². The third kappa shape index (κ3) is 10.2. The molecule has 1 aliphatic carbocycles. The molecule has 1 saturated heterocycles. The average molecular weight is 867 g/mol. The van der Waals surface area contributed by atoms with Crippen LogP contribution >= 0.6 is 23.2 Å². The van der Waals surface area contributed by atoms with E-state index in [-0.39, 0.29) is 17.6 Å². The normalized spacial score (nSPS) is 15.5. The fourth-order valence-corrected chi connectivity index (χ4v) is 8.57. The molecular formula is C47H44Cl2F3N7O2. The largest absolute Gasteiger partial charge is 0.573 e. The van der Waals surface area contributed by atoms with E-state index < -0.39 is 6.36 Å². The molecule has 9 rings (SSSR count). The number of piperidine rings is 1. The van der Waals surface area contributed by atoms with Crippen LogP contribution in [0.15, 0.2) is 116 Å². The zero-order valence-corrected chi connectivity index (χ0v) is 34.9. The number of alkyl halides is 3. The molecule has 314 valence electrons. The summed E-state index contributed by atoms with van der Waals surface area (Å²) < 4.78 is 42.9. The number of ether oxygens (including phenoxy) is 1. The molecule has 0 spiro atoms. The van der Waals surface area contributed by atoms with Crippen molar-refractivity contribution >= 4 is 57.2 Å². The molecule has 2 aliphatic rings. The number of halogens is 5. The average Bonchev–Trinajstić information content (AvgIpc) is 3.64. The van der Waals surface area contributed by atoms with E-state index in [4.69, 9.17) is 23.2 Å². The van der Waals surface area contributed by atoms with Gasteiger partial charge in [0.2, 0.25) is 0 Å². The van der Waals surface area contributed by atoms with E-state index in [9.17, 15) is 18.0 Å². The second-order valence-electron chi connectivity index (χ2n) is 15.3. The van der Waals surface area contributed by atoms with Gasteiger partial charge in [0.05, 0.1) is 16.2 Å². The van der Waals surface area contributed by atoms with Crippen molar-refractivity contribution in [1.82, 2.24) is 24.7 Å². The Labute approximate surface area is 361 Å². The van der Waals surface area contributed by atoms with E-state index in [1.165, 1.54) is 23.3 Å². The Kier molecular flexibility index (Phi) is 12.6. The summed E-state index contributed by atoms with van der Waals surface area (Å²) >= 11 is 12.2. The molecule has 1 unspecified atom stereocenters. The highest BCUT2D eigenvalue weighted by Crippen LogP contribution is 2.33. The fraction of sp³-hybridized carbons (Fsp3) is 0.277. The lowest BCUT2D eigenvalue weighted by atomic mass is 9.88. The van der Waals surface area contributed by atoms with Crippen LogP contribution in [-0.4, -0.2) is 50.8 Å². The van der Waals surface area contributed by atoms with Crippen molar-refractivity contribution in [3.63, 3.8) is 0 Å². The van der Waals surface area contributed by atoms with Gasteiger partial charge < -0.3 is 20.3 Å². The molecule has 1 fully saturated rings. The molecule has 1 atom stereocenters. The minimum absolute atomic E-state index is 0.200. The number of nitrogens with one attached hydrogen (secondary N) is 2. The molecule has 0 bridgehead atoms. The Bertz CT molecular complexity index is 2620. The highest BCUT2D eigenvalue weighted by atomic mass is 35.5. The highest BCUT2D eigenvalue weighted by Gasteiger charge is 2.31. The number of aryl methyl sites for hydroxylation is 2. The third-order valence-electron chi connectivity index (χ3n) is 11.3. The number of fused-ring (bicyclic) bond motifs is 3. The van der Waals surface area contributed by atoms with Gasteiger partial charge in [-0.05, 0) is 127 Å². The summed E-state index contributed by atoms with van der Waals surface area (Å²) in [5, 5.41) is 9.03. The number of anilines is 2. The van der Waals surface area contributed by atoms with Crippen LogP contribution < -0.4 is 20.3 Å². The van der Waals surface area contributed by atoms with Crippen molar-refractivity contribution in [2.24, 2.45) is 0 Å². The molecule has 4 aromatic carbocycles. The summed E-state index contributed by atoms with van der Waals surface area (Å²) in [5.41, 5.74) is 8.73. The molecule has 0 radical (unpaired) electrons. The number of rotatable bonds is 9. The Morgan fingerprint density at radius 2 is 1.62 bits per heavy atom. The van der Waals surface area contributed by atoms with Crippen molar-refractivity contribution in [2.45, 2.75) is 70.3 Å². The fourth-order valence-electron chi connectivity index (χ4n) is 8.22. The van der Waals surface area contributed by atoms with Crippen LogP contribution in [0.5, 0.6) is 5.75 Å². The minimum atomic E-state index is -4.68. The first-order chi connectivity index (χ1) is 29.5. The topological polar surface area (TPSA) is 96.7 Å². The number of carbonyl (C=O) groups is 1. The van der Waals surface area contributed by atoms with Crippen LogP contribution in [-0.2, 0) is 25.8 Å². The first kappa shape index (κ1) is 41.9. The van der Waals surface area contributed by atoms with Crippen LogP contribution in [0, 0.1) is 0 Å². The van der Waals surface area contributed by atoms with Crippen molar-refractivity contribution in [1.29, 1.82) is 0 Å². The maximum atomic E-state index is 13.0. The van der Waals surface area contributed by atoms with Crippen LogP contribution in [0.3, 0.4) is 0 Å². The van der Waals surface area contributed by atoms with E-state index in [2.05, 4.69) is 65.6 Å². The lowest BCUT2D eigenvalue weighted by Gasteiger charge is -2.34. The van der Waals surface area contributed by atoms with Gasteiger partial charge in [0.25, 0.3) is 5.91 Å². The first-order valence-electron chi connectivity index (χ1n) is 20.4. The lowest BCUT2D eigenvalue weighted by molar-refractivity contribution is -0.274. The molecule has 2 N–H and O–H groups in total. The maximum absolute atomic E-state index is 13.0. The zero-order valence-electron chi connectivity index (χ0n) is 33.4. The summed E-state index contributed by atoms with van der Waals surface area (Å²) in [5.74, 6) is 0.811. The van der Waals surface area contributed by atoms with E-state index >= 15 is 0 Å². The Hall–Kier alpha value is -5.85. The summed E-state index contributed by atoms with van der Waals surface area (Å²) in [4.78, 5) is 28.6. The van der Waals surface area contributed by atoms with E-state index in [0.717, 1.165) is 89.4 Å². The number of amides is 1. The number of hydrogen-bond donors (Lipinski definition) is 2. The molecule has 1 aliphatic heterocycles. The second-order valence-corrected chi connectivity index (χ2v) is 16.2. The van der Waals surface area contributed by atoms with Gasteiger partial charge >= 0.3 is 6.36 Å². The molecule has 1 amide bonds. The van der Waals surface area contributed by atoms with Crippen molar-refractivity contribution in [2.75, 3.05) is 23.3 Å². The number of benzene rings is 4. The van der Waals surface area contributed by atoms with E-state index in [1.54, 1.807) is 41.2 Å². The summed E-state index contributed by atoms with van der Waals surface area (Å²) in [6, 6.07) is 32.6. The first-order valence-corrected chi connectivity index (χ1v) is 21.1. The van der Waals surface area contributed by atoms with Gasteiger partial charge in [-0.2, -0.15) is 0 Å². The molecule has 4 heterocycles. The number of para-hydroxylation sites is 1. The number of nitrogens with zero attached hydrogens (tertiary/aromatic N) is 5. The highest BCUT2D eigenvalue weighted by molar-refractivity contribution is 6.30. The number of hydrogen-bond acceptors (Lipinski definition) is 7. The Balaban J connectivity index is 0.000000196. The molecule has 14 heteroatoms. The monoisotopic (exact) mass is 865 g/mol. The van der Waals surface area contributed by atoms with Gasteiger partial charge in [0.1, 0.15) is 29.2 Å². The van der Waals surface area contributed by atoms with Gasteiger partial charge in [0, 0.05) is 48.0 Å². The van der Waals surface area contributed by atoms with Crippen LogP contribution in [0.25, 0.3) is 16.6 Å². The Morgan fingerprint density at radius 1 is 0.869 bits per heavy atom. The molecule has 7 aromatic rings. The second kappa shape index (κ2) is 18.4. The summed E-state index contributed by atoms with van der Waals surface area (Å²) in [6.45, 7) is 4.04. The molecule has 61 heavy (non-hydrogen) atoms. The Morgan fingerprint density at radius 3 is 2.38 bits per heavy atom. The standard InChI is InChI=1S/C29H28ClF3N4O2.C18H16ClN3/c1-2-25-27(37-18-22(30)7-12-26(37)35-25)28(38)34-17-19-3-8-23(9-4-19)36-15-13-21(14-16-36)20-5-10-24(11-6-20)39-29(31,32)33;19-14-7-5-13-10-15(8-6-12(13)9-14)22-18-16-3-1-2-4-17(16)20-11-21-18/h3-12,18,21H,2,13-17H2,1H3,(H,34,38);1-5,7,9,11,15H,6,8,10H2,(H,20,21,22). The smallest absolute Gasteiger partial charge is 0.406 e. The van der Waals surface area contributed by atoms with Crippen LogP contribution in [0.2, 0.25) is 10.0 Å². The quantitative estimate of drug-likeness (QED) is 0.149. The molecule has 3 aromatic heterocycles. The predicted molar refractivity (Wildman–Crippen MR) is 235 cm³/mol. The van der Waals surface area contributed by atoms with Gasteiger partial charge in [-0.1, -0.05) is 72.6 Å². The summed E-state index contributed by atoms with van der Waals surface area (Å²) in [6.07, 6.45) is 4.23. The zero-order chi connectivity index (χ0) is 42.5. The van der Waals surface area contributed by atoms with E-state index in [0.29, 0.717) is 35.4 Å². The number of aromatic nitrogens is 4. The molecule has 9 nitrogen and oxygen atoms in total. The van der Waals surface area contributed by atoms with Gasteiger partial charge in [0.15, 0.2) is 0 Å². The lowest BCUT2D eigenvalue weighted by Crippen LogP contribution is -2.32. The van der Waals surface area contributed by atoms with Crippen LogP contribution in [0.4, 0.5) is 24.7 Å². The number of carbonyl (C=O) groups excluding carboxylic acids is 1. The minimum Gasteiger partial charge on any atom is -0.406 e. The van der Waals surface area contributed by atoms with Gasteiger partial charge in [-0.15, -0.1) is 13.2 Å².